The fraction of sp³-hybridized carbons (Fsp3) is 0.692. The monoisotopic (exact) mass is 434 g/mol. The van der Waals surface area contributed by atoms with Crippen LogP contribution in [0.1, 0.15) is 90.5 Å². The van der Waals surface area contributed by atoms with Crippen molar-refractivity contribution in [2.45, 2.75) is 91.6 Å². The molecule has 176 valence electrons. The Morgan fingerprint density at radius 3 is 1.74 bits per heavy atom. The first-order chi connectivity index (χ1) is 15.0. The molecule has 0 aliphatic rings. The minimum atomic E-state index is -1.19. The third kappa shape index (κ3) is 11.3. The number of rotatable bonds is 18. The maximum atomic E-state index is 12.3. The van der Waals surface area contributed by atoms with Crippen LogP contribution in [0.5, 0.6) is 0 Å². The molecule has 0 radical (unpaired) electrons. The van der Waals surface area contributed by atoms with Crippen LogP contribution in [0.3, 0.4) is 0 Å². The van der Waals surface area contributed by atoms with E-state index in [-0.39, 0.29) is 13.2 Å². The molecule has 0 aliphatic carbocycles. The van der Waals surface area contributed by atoms with Crippen LogP contribution >= 0.6 is 0 Å². The Bertz CT molecular complexity index is 581. The fourth-order valence-electron chi connectivity index (χ4n) is 3.55. The molecule has 0 saturated carbocycles. The zero-order valence-electron chi connectivity index (χ0n) is 19.8. The predicted molar refractivity (Wildman–Crippen MR) is 124 cm³/mol. The minimum Gasteiger partial charge on any atom is -0.465 e. The van der Waals surface area contributed by atoms with Gasteiger partial charge in [0.2, 0.25) is 0 Å². The van der Waals surface area contributed by atoms with Gasteiger partial charge in [0, 0.05) is 6.61 Å². The van der Waals surface area contributed by atoms with Crippen LogP contribution in [-0.4, -0.2) is 31.8 Å². The predicted octanol–water partition coefficient (Wildman–Crippen LogP) is 6.24. The number of carbonyl (C=O) groups excluding carboxylic acids is 2. The van der Waals surface area contributed by atoms with Crippen molar-refractivity contribution >= 4 is 11.9 Å². The molecule has 0 aromatic heterocycles. The van der Waals surface area contributed by atoms with Crippen molar-refractivity contribution in [3.63, 3.8) is 0 Å². The quantitative estimate of drug-likeness (QED) is 0.155. The molecule has 0 N–H and O–H groups in total. The summed E-state index contributed by atoms with van der Waals surface area (Å²) in [5.74, 6) is -0.942. The van der Waals surface area contributed by atoms with Gasteiger partial charge in [-0.05, 0) is 39.2 Å². The second-order valence-electron chi connectivity index (χ2n) is 8.24. The van der Waals surface area contributed by atoms with Crippen molar-refractivity contribution < 1.29 is 23.8 Å². The Morgan fingerprint density at radius 1 is 0.742 bits per heavy atom. The number of unbranched alkanes of at least 4 members (excludes halogenated alkanes) is 8. The van der Waals surface area contributed by atoms with E-state index in [1.54, 1.807) is 20.8 Å². The lowest BCUT2D eigenvalue weighted by Gasteiger charge is -2.24. The summed E-state index contributed by atoms with van der Waals surface area (Å²) < 4.78 is 15.9. The Kier molecular flexibility index (Phi) is 14.7. The molecule has 0 atom stereocenters. The largest absolute Gasteiger partial charge is 0.465 e. The van der Waals surface area contributed by atoms with Gasteiger partial charge in [0.15, 0.2) is 5.41 Å². The lowest BCUT2D eigenvalue weighted by atomic mass is 9.84. The first-order valence-electron chi connectivity index (χ1n) is 12.0. The highest BCUT2D eigenvalue weighted by molar-refractivity contribution is 5.99. The summed E-state index contributed by atoms with van der Waals surface area (Å²) in [6, 6.07) is 10.3. The molecule has 0 amide bonds. The van der Waals surface area contributed by atoms with Gasteiger partial charge in [-0.2, -0.15) is 0 Å². The number of carbonyl (C=O) groups is 2. The number of esters is 2. The first-order valence-corrected chi connectivity index (χ1v) is 12.0. The van der Waals surface area contributed by atoms with E-state index in [9.17, 15) is 9.59 Å². The van der Waals surface area contributed by atoms with Gasteiger partial charge in [-0.1, -0.05) is 81.7 Å². The molecule has 0 heterocycles. The molecule has 1 aromatic carbocycles. The SMILES string of the molecule is CCOC(=O)C(C)(CCCCCCCCCCCOCc1ccccc1)C(=O)OCC. The molecule has 0 aliphatic heterocycles. The Labute approximate surface area is 188 Å². The molecule has 5 nitrogen and oxygen atoms in total. The molecular formula is C26H42O5. The third-order valence-corrected chi connectivity index (χ3v) is 5.53. The highest BCUT2D eigenvalue weighted by Gasteiger charge is 2.43. The van der Waals surface area contributed by atoms with E-state index in [0.29, 0.717) is 13.0 Å². The third-order valence-electron chi connectivity index (χ3n) is 5.53. The van der Waals surface area contributed by atoms with Crippen molar-refractivity contribution in [3.05, 3.63) is 35.9 Å². The molecule has 1 aromatic rings. The fourth-order valence-corrected chi connectivity index (χ4v) is 3.55. The van der Waals surface area contributed by atoms with Gasteiger partial charge in [-0.25, -0.2) is 0 Å². The Morgan fingerprint density at radius 2 is 1.23 bits per heavy atom. The van der Waals surface area contributed by atoms with Gasteiger partial charge in [-0.3, -0.25) is 9.59 Å². The molecule has 0 unspecified atom stereocenters. The Hall–Kier alpha value is -1.88. The van der Waals surface area contributed by atoms with Crippen LogP contribution < -0.4 is 0 Å². The van der Waals surface area contributed by atoms with E-state index in [1.807, 2.05) is 18.2 Å². The van der Waals surface area contributed by atoms with E-state index < -0.39 is 17.4 Å². The van der Waals surface area contributed by atoms with Crippen LogP contribution in [0.25, 0.3) is 0 Å². The van der Waals surface area contributed by atoms with E-state index in [0.717, 1.165) is 32.3 Å². The highest BCUT2D eigenvalue weighted by atomic mass is 16.6. The maximum Gasteiger partial charge on any atom is 0.323 e. The van der Waals surface area contributed by atoms with Crippen molar-refractivity contribution in [1.29, 1.82) is 0 Å². The molecular weight excluding hydrogens is 392 g/mol. The zero-order valence-corrected chi connectivity index (χ0v) is 19.8. The average molecular weight is 435 g/mol. The van der Waals surface area contributed by atoms with Crippen LogP contribution in [0, 0.1) is 5.41 Å². The van der Waals surface area contributed by atoms with E-state index in [2.05, 4.69) is 12.1 Å². The summed E-state index contributed by atoms with van der Waals surface area (Å²) in [4.78, 5) is 24.5. The zero-order chi connectivity index (χ0) is 22.8. The minimum absolute atomic E-state index is 0.271. The van der Waals surface area contributed by atoms with Crippen LogP contribution in [0.15, 0.2) is 30.3 Å². The van der Waals surface area contributed by atoms with Crippen LogP contribution in [0.2, 0.25) is 0 Å². The number of hydrogen-bond donors (Lipinski definition) is 0. The molecule has 0 spiro atoms. The van der Waals surface area contributed by atoms with Crippen LogP contribution in [0.4, 0.5) is 0 Å². The summed E-state index contributed by atoms with van der Waals surface area (Å²) >= 11 is 0. The van der Waals surface area contributed by atoms with Crippen molar-refractivity contribution in [2.75, 3.05) is 19.8 Å². The number of ether oxygens (including phenoxy) is 3. The van der Waals surface area contributed by atoms with E-state index in [1.165, 1.54) is 37.7 Å². The van der Waals surface area contributed by atoms with Crippen molar-refractivity contribution in [2.24, 2.45) is 5.41 Å². The number of hydrogen-bond acceptors (Lipinski definition) is 5. The van der Waals surface area contributed by atoms with Crippen molar-refractivity contribution in [3.8, 4) is 0 Å². The second-order valence-corrected chi connectivity index (χ2v) is 8.24. The standard InChI is InChI=1S/C26H42O5/c1-4-30-24(27)26(3,25(28)31-5-2)20-16-11-9-7-6-8-10-12-17-21-29-22-23-18-14-13-15-19-23/h13-15,18-19H,4-12,16-17,20-22H2,1-3H3. The topological polar surface area (TPSA) is 61.8 Å². The summed E-state index contributed by atoms with van der Waals surface area (Å²) in [5, 5.41) is 0. The lowest BCUT2D eigenvalue weighted by molar-refractivity contribution is -0.171. The normalized spacial score (nSPS) is 11.3. The van der Waals surface area contributed by atoms with Gasteiger partial charge < -0.3 is 14.2 Å². The smallest absolute Gasteiger partial charge is 0.323 e. The molecule has 1 rings (SSSR count). The Balaban J connectivity index is 2.03. The second kappa shape index (κ2) is 16.8. The average Bonchev–Trinajstić information content (AvgIpc) is 2.77. The molecule has 0 bridgehead atoms. The molecule has 0 saturated heterocycles. The van der Waals surface area contributed by atoms with Gasteiger partial charge in [0.05, 0.1) is 19.8 Å². The lowest BCUT2D eigenvalue weighted by Crippen LogP contribution is -2.39. The van der Waals surface area contributed by atoms with Crippen molar-refractivity contribution in [1.82, 2.24) is 0 Å². The van der Waals surface area contributed by atoms with E-state index >= 15 is 0 Å². The maximum absolute atomic E-state index is 12.3. The first kappa shape index (κ1) is 27.2. The van der Waals surface area contributed by atoms with Crippen LogP contribution in [-0.2, 0) is 30.4 Å². The van der Waals surface area contributed by atoms with Gasteiger partial charge in [0.1, 0.15) is 0 Å². The summed E-state index contributed by atoms with van der Waals surface area (Å²) in [6.45, 7) is 7.22. The summed E-state index contributed by atoms with van der Waals surface area (Å²) in [7, 11) is 0. The molecule has 0 fully saturated rings. The molecule has 31 heavy (non-hydrogen) atoms. The summed E-state index contributed by atoms with van der Waals surface area (Å²) in [5.41, 5.74) is 0.0431. The molecule has 5 heteroatoms. The summed E-state index contributed by atoms with van der Waals surface area (Å²) in [6.07, 6.45) is 10.7. The van der Waals surface area contributed by atoms with Gasteiger partial charge in [-0.15, -0.1) is 0 Å². The van der Waals surface area contributed by atoms with E-state index in [4.69, 9.17) is 14.2 Å². The highest BCUT2D eigenvalue weighted by Crippen LogP contribution is 2.28. The van der Waals surface area contributed by atoms with Gasteiger partial charge in [0.25, 0.3) is 0 Å². The van der Waals surface area contributed by atoms with Gasteiger partial charge >= 0.3 is 11.9 Å². The number of benzene rings is 1.